The maximum atomic E-state index is 12.7. The van der Waals surface area contributed by atoms with E-state index >= 15 is 0 Å². The molecule has 44 heteroatoms. The van der Waals surface area contributed by atoms with Gasteiger partial charge in [0.05, 0.1) is 66.9 Å². The van der Waals surface area contributed by atoms with E-state index in [0.29, 0.717) is 74.6 Å². The highest BCUT2D eigenvalue weighted by Crippen LogP contribution is 2.32. The second-order valence-electron chi connectivity index (χ2n) is 31.0. The fourth-order valence-electron chi connectivity index (χ4n) is 12.7. The summed E-state index contributed by atoms with van der Waals surface area (Å²) in [6, 6.07) is 51.5. The number of carbonyl (C=O) groups is 12. The van der Waals surface area contributed by atoms with Gasteiger partial charge in [-0.15, -0.1) is 0 Å². The third-order valence-electron chi connectivity index (χ3n) is 20.2. The molecule has 0 amide bonds. The van der Waals surface area contributed by atoms with Gasteiger partial charge in [0, 0.05) is 45.3 Å². The Balaban J connectivity index is 0.000000206. The van der Waals surface area contributed by atoms with Crippen LogP contribution in [0.2, 0.25) is 0 Å². The summed E-state index contributed by atoms with van der Waals surface area (Å²) >= 11 is 0. The van der Waals surface area contributed by atoms with Crippen LogP contribution in [0.4, 0.5) is 69.8 Å². The van der Waals surface area contributed by atoms with Gasteiger partial charge in [0.25, 0.3) is 10.1 Å². The maximum Gasteiger partial charge on any atom is 0.338 e. The molecule has 0 aliphatic heterocycles. The van der Waals surface area contributed by atoms with Crippen molar-refractivity contribution >= 4 is 173 Å². The van der Waals surface area contributed by atoms with Gasteiger partial charge in [0.2, 0.25) is 35.7 Å². The molecule has 0 saturated carbocycles. The van der Waals surface area contributed by atoms with Crippen LogP contribution in [-0.2, 0) is 71.5 Å². The number of aliphatic hydroxyl groups excluding tert-OH is 6. The molecule has 13 aromatic rings. The first-order chi connectivity index (χ1) is 67.8. The number of aryl methyl sites for hydroxylation is 3. The number of anilines is 12. The normalized spacial score (nSPS) is 11.1. The number of nitrogens with zero attached hydrogens (tertiary/aromatic N) is 8. The van der Waals surface area contributed by atoms with Gasteiger partial charge >= 0.3 is 35.8 Å². The number of unbranched alkanes of at least 4 members (excludes halogenated alkanes) is 1. The number of hydrogen-bond donors (Lipinski definition) is 14. The molecule has 1 atom stereocenters. The molecule has 43 nitrogen and oxygen atoms in total. The number of fused-ring (bicyclic) bond motifs is 2. The number of esters is 6. The monoisotopic (exact) mass is 1950 g/mol. The number of carbonyl (C=O) groups excluding carboxylic acids is 12. The van der Waals surface area contributed by atoms with Crippen LogP contribution in [0.3, 0.4) is 0 Å². The summed E-state index contributed by atoms with van der Waals surface area (Å²) in [7, 11) is -4.18. The minimum atomic E-state index is -4.18. The van der Waals surface area contributed by atoms with Crippen molar-refractivity contribution in [3.63, 3.8) is 0 Å². The molecule has 1 unspecified atom stereocenters. The first-order valence-electron chi connectivity index (χ1n) is 43.3. The largest absolute Gasteiger partial charge is 0.462 e. The number of nitrogens with one attached hydrogen (secondary N) is 8. The Labute approximate surface area is 803 Å². The highest BCUT2D eigenvalue weighted by molar-refractivity contribution is 7.86. The summed E-state index contributed by atoms with van der Waals surface area (Å²) in [6.07, 6.45) is 4.11. The van der Waals surface area contributed by atoms with Crippen molar-refractivity contribution in [2.75, 3.05) is 118 Å². The van der Waals surface area contributed by atoms with Gasteiger partial charge in [0.15, 0.2) is 67.7 Å². The highest BCUT2D eigenvalue weighted by Gasteiger charge is 2.24. The second kappa shape index (κ2) is 50.9. The molecular formula is C97H96N16O27S. The molecule has 141 heavy (non-hydrogen) atoms. The summed E-state index contributed by atoms with van der Waals surface area (Å²) in [5.41, 5.74) is 11.9. The lowest BCUT2D eigenvalue weighted by Crippen LogP contribution is -2.17. The molecule has 0 saturated heterocycles. The smallest absolute Gasteiger partial charge is 0.338 e. The van der Waals surface area contributed by atoms with Crippen molar-refractivity contribution in [1.29, 1.82) is 0 Å². The molecule has 0 radical (unpaired) electrons. The van der Waals surface area contributed by atoms with Crippen LogP contribution in [0.15, 0.2) is 199 Å². The van der Waals surface area contributed by atoms with Gasteiger partial charge < -0.3 is 101 Å². The Kier molecular flexibility index (Phi) is 37.8. The van der Waals surface area contributed by atoms with E-state index in [1.807, 2.05) is 31.2 Å². The topological polar surface area (TPSA) is 632 Å². The third-order valence-corrected chi connectivity index (χ3v) is 21.4. The van der Waals surface area contributed by atoms with Gasteiger partial charge in [-0.05, 0) is 214 Å². The summed E-state index contributed by atoms with van der Waals surface area (Å²) in [6.45, 7) is 2.42. The van der Waals surface area contributed by atoms with Gasteiger partial charge in [-0.25, -0.2) is 38.7 Å². The predicted octanol–water partition coefficient (Wildman–Crippen LogP) is 10.1. The molecule has 9 aromatic carbocycles. The molecule has 0 fully saturated rings. The second-order valence-corrected chi connectivity index (χ2v) is 32.6. The molecular weight excluding hydrogens is 1850 g/mol. The molecule has 4 aromatic heterocycles. The average Bonchev–Trinajstić information content (AvgIpc) is 1.63. The Hall–Kier alpha value is -16.8. The van der Waals surface area contributed by atoms with Crippen LogP contribution in [0.1, 0.15) is 118 Å². The number of H-pyrrole nitrogens is 2. The lowest BCUT2D eigenvalue weighted by Gasteiger charge is -2.15. The van der Waals surface area contributed by atoms with E-state index in [2.05, 4.69) is 110 Å². The number of benzene rings is 9. The molecule has 14 N–H and O–H groups in total. The number of ether oxygens (including phenoxy) is 6. The molecule has 732 valence electrons. The molecule has 4 heterocycles. The number of hydrogen-bond acceptors (Lipinski definition) is 41. The van der Waals surface area contributed by atoms with E-state index < -0.39 is 160 Å². The van der Waals surface area contributed by atoms with Crippen molar-refractivity contribution in [3.05, 3.63) is 244 Å². The van der Waals surface area contributed by atoms with Crippen LogP contribution in [0.5, 0.6) is 0 Å². The van der Waals surface area contributed by atoms with E-state index in [9.17, 15) is 66.0 Å². The highest BCUT2D eigenvalue weighted by atomic mass is 32.2. The van der Waals surface area contributed by atoms with Gasteiger partial charge in [-0.1, -0.05) is 63.4 Å². The van der Waals surface area contributed by atoms with Crippen LogP contribution in [0.25, 0.3) is 44.8 Å². The summed E-state index contributed by atoms with van der Waals surface area (Å²) in [5.74, 6) is -6.01. The zero-order valence-electron chi connectivity index (χ0n) is 76.3. The fraction of sp³-hybridized carbons (Fsp3) is 0.237. The SMILES string of the molecule is CCCCC(CC)COC(=O)c1ccc(Nc2nc(Nc3ccc(C(=O)OCC(=O)CO)cc3)nc(Nc3ccc(C(=O)OCC(=O)CO)cc3)n2)cc1.Cc1cc(C)c2nc(-c3ccc(-c4nc5c(C)cc(S(=O)(=O)OCC(=O)CO)cc5[nH]4)cc3)[nH]c2c1.O=C(CO)COC(=O)c1ccc(Nc2nc(Nc3ccc(C(=O)OCC(=O)CO)cc3)nc(Nc3ccc(C(=O)OCC(=O)CO)cc3)n2)cc1. The zero-order valence-corrected chi connectivity index (χ0v) is 77.1. The van der Waals surface area contributed by atoms with E-state index in [4.69, 9.17) is 68.2 Å². The first-order valence-corrected chi connectivity index (χ1v) is 44.7. The number of aromatic amines is 2. The minimum Gasteiger partial charge on any atom is -0.462 e. The van der Waals surface area contributed by atoms with Crippen LogP contribution >= 0.6 is 0 Å². The van der Waals surface area contributed by atoms with E-state index in [-0.39, 0.29) is 68.4 Å². The quantitative estimate of drug-likeness (QED) is 0.00957. The number of rotatable bonds is 46. The molecule has 13 rings (SSSR count). The van der Waals surface area contributed by atoms with Gasteiger partial charge in [-0.2, -0.15) is 38.3 Å². The minimum absolute atomic E-state index is 0.0429. The van der Waals surface area contributed by atoms with Crippen molar-refractivity contribution in [3.8, 4) is 22.8 Å². The lowest BCUT2D eigenvalue weighted by molar-refractivity contribution is -0.125. The van der Waals surface area contributed by atoms with Crippen LogP contribution in [0, 0.1) is 26.7 Å². The first kappa shape index (κ1) is 105. The third kappa shape index (κ3) is 31.1. The van der Waals surface area contributed by atoms with Crippen molar-refractivity contribution < 1.29 is 129 Å². The van der Waals surface area contributed by atoms with E-state index in [0.717, 1.165) is 59.2 Å². The summed E-state index contributed by atoms with van der Waals surface area (Å²) in [5, 5.41) is 71.0. The number of aliphatic hydroxyl groups is 6. The van der Waals surface area contributed by atoms with E-state index in [1.165, 1.54) is 115 Å². The van der Waals surface area contributed by atoms with Crippen molar-refractivity contribution in [1.82, 2.24) is 49.8 Å². The average molecular weight is 1950 g/mol. The Morgan fingerprint density at radius 2 is 0.582 bits per heavy atom. The number of aromatic nitrogens is 10. The standard InChI is InChI=1S/C38H42N6O10.C33H30N6O12.C26H24N4O5S/c1-3-5-6-24(4-2)21-52-33(49)25-7-13-28(14-8-25)39-36-42-37(40-29-15-9-26(10-16-29)34(50)53-22-31(47)19-45)44-38(43-36)41-30-17-11-27(12-18-30)35(51)54-23-32(48)20-46;40-13-25(43)16-49-28(46)19-1-7-22(8-2-19)34-31-37-32(35-23-9-3-20(4-10-23)29(47)50-17-26(44)14-41)39-33(38-31)36-24-11-5-21(6-12-24)30(48)51-18-27(45)15-42;1-14-8-15(2)23-21(9-14)27-25(29-23)17-4-6-18(7-5-17)26-28-22-11-20(10-16(3)24(22)30-26)36(33,34)35-13-19(32)12-31/h7-18,24,45-46H,3-6,19-23H2,1-2H3,(H3,39,40,41,42,43,44);1-12,40-42H,13-18H2,(H3,34,35,36,37,38,39);4-11,31H,12-13H2,1-3H3,(H,27,29)(H,28,30). The maximum absolute atomic E-state index is 12.7. The lowest BCUT2D eigenvalue weighted by atomic mass is 10.0. The van der Waals surface area contributed by atoms with Gasteiger partial charge in [-0.3, -0.25) is 33.0 Å². The van der Waals surface area contributed by atoms with Crippen LogP contribution in [-0.4, -0.2) is 245 Å². The van der Waals surface area contributed by atoms with E-state index in [1.54, 1.807) is 55.5 Å². The molecule has 0 aliphatic carbocycles. The number of ketones is 6. The number of Topliss-reactive ketones (excluding diaryl/α,β-unsaturated/α-hetero) is 6. The molecule has 0 bridgehead atoms. The summed E-state index contributed by atoms with van der Waals surface area (Å²) in [4.78, 5) is 184. The van der Waals surface area contributed by atoms with Crippen LogP contribution < -0.4 is 31.9 Å². The number of imidazole rings is 2. The Bertz CT molecular complexity index is 6470. The van der Waals surface area contributed by atoms with Crippen molar-refractivity contribution in [2.24, 2.45) is 5.92 Å². The van der Waals surface area contributed by atoms with Gasteiger partial charge in [0.1, 0.15) is 57.9 Å². The Morgan fingerprint density at radius 3 is 0.844 bits per heavy atom. The van der Waals surface area contributed by atoms with Crippen molar-refractivity contribution in [2.45, 2.75) is 65.2 Å². The summed E-state index contributed by atoms with van der Waals surface area (Å²) < 4.78 is 59.7. The molecule has 0 aliphatic rings. The zero-order chi connectivity index (χ0) is 101. The predicted molar refractivity (Wildman–Crippen MR) is 510 cm³/mol. The molecule has 0 spiro atoms. The fourth-order valence-corrected chi connectivity index (χ4v) is 13.7. The Morgan fingerprint density at radius 1 is 0.326 bits per heavy atom.